The fourth-order valence-corrected chi connectivity index (χ4v) is 4.60. The van der Waals surface area contributed by atoms with E-state index in [0.29, 0.717) is 41.9 Å². The van der Waals surface area contributed by atoms with Crippen molar-refractivity contribution in [2.75, 3.05) is 31.9 Å². The van der Waals surface area contributed by atoms with Gasteiger partial charge in [0.1, 0.15) is 0 Å². The molecule has 3 aromatic rings. The molecule has 10 nitrogen and oxygen atoms in total. The Morgan fingerprint density at radius 1 is 1.29 bits per heavy atom. The minimum atomic E-state index is -0.0503. The molecule has 0 radical (unpaired) electrons. The van der Waals surface area contributed by atoms with Crippen molar-refractivity contribution in [3.8, 4) is 0 Å². The lowest BCUT2D eigenvalue weighted by Gasteiger charge is -2.34. The quantitative estimate of drug-likeness (QED) is 0.518. The van der Waals surface area contributed by atoms with Gasteiger partial charge in [-0.15, -0.1) is 16.4 Å². The number of thiazole rings is 1. The van der Waals surface area contributed by atoms with E-state index in [2.05, 4.69) is 25.4 Å². The molecule has 0 unspecified atom stereocenters. The van der Waals surface area contributed by atoms with Gasteiger partial charge in [0, 0.05) is 69.6 Å². The molecular weight excluding hydrogens is 400 g/mol. The Hall–Kier alpha value is -2.31. The van der Waals surface area contributed by atoms with Crippen LogP contribution in [0.25, 0.3) is 4.96 Å². The van der Waals surface area contributed by atoms with Gasteiger partial charge < -0.3 is 4.90 Å². The van der Waals surface area contributed by atoms with Crippen molar-refractivity contribution in [1.29, 1.82) is 0 Å². The molecule has 4 heterocycles. The van der Waals surface area contributed by atoms with Crippen LogP contribution in [0.3, 0.4) is 0 Å². The van der Waals surface area contributed by atoms with Gasteiger partial charge in [0.15, 0.2) is 4.96 Å². The third-order valence-corrected chi connectivity index (χ3v) is 6.36. The fourth-order valence-electron chi connectivity index (χ4n) is 3.08. The van der Waals surface area contributed by atoms with Crippen LogP contribution in [0.15, 0.2) is 27.6 Å². The molecule has 3 aromatic heterocycles. The number of fused-ring (bicyclic) bond motifs is 1. The number of carbonyl (C=O) groups is 1. The maximum absolute atomic E-state index is 12.4. The summed E-state index contributed by atoms with van der Waals surface area (Å²) in [5.41, 5.74) is 0.728. The number of piperazine rings is 1. The molecule has 1 saturated heterocycles. The zero-order chi connectivity index (χ0) is 19.5. The maximum Gasteiger partial charge on any atom is 0.258 e. The van der Waals surface area contributed by atoms with E-state index in [1.165, 1.54) is 23.1 Å². The summed E-state index contributed by atoms with van der Waals surface area (Å²) < 4.78 is 3.15. The number of hydrogen-bond donors (Lipinski definition) is 0. The molecule has 0 bridgehead atoms. The first kappa shape index (κ1) is 19.0. The Bertz CT molecular complexity index is 1020. The molecule has 1 amide bonds. The Balaban J connectivity index is 1.25. The summed E-state index contributed by atoms with van der Waals surface area (Å²) in [6.07, 6.45) is 2.20. The number of amides is 1. The summed E-state index contributed by atoms with van der Waals surface area (Å²) in [6, 6.07) is 1.59. The summed E-state index contributed by atoms with van der Waals surface area (Å²) in [4.78, 5) is 33.9. The van der Waals surface area contributed by atoms with Gasteiger partial charge in [-0.1, -0.05) is 11.8 Å². The van der Waals surface area contributed by atoms with Crippen molar-refractivity contribution in [2.24, 2.45) is 7.05 Å². The van der Waals surface area contributed by atoms with E-state index in [0.717, 1.165) is 18.8 Å². The van der Waals surface area contributed by atoms with Crippen molar-refractivity contribution in [3.63, 3.8) is 0 Å². The van der Waals surface area contributed by atoms with Crippen LogP contribution in [0, 0.1) is 0 Å². The average molecular weight is 421 g/mol. The number of carbonyl (C=O) groups excluding carboxylic acids is 1. The first-order valence-electron chi connectivity index (χ1n) is 8.91. The lowest BCUT2D eigenvalue weighted by molar-refractivity contribution is -0.132. The number of hydrogen-bond acceptors (Lipinski definition) is 9. The number of thioether (sulfide) groups is 1. The number of aromatic nitrogens is 6. The Kier molecular flexibility index (Phi) is 5.69. The zero-order valence-corrected chi connectivity index (χ0v) is 17.0. The van der Waals surface area contributed by atoms with Crippen molar-refractivity contribution in [1.82, 2.24) is 39.4 Å². The summed E-state index contributed by atoms with van der Waals surface area (Å²) in [7, 11) is 1.78. The monoisotopic (exact) mass is 420 g/mol. The minimum Gasteiger partial charge on any atom is -0.340 e. The molecule has 0 N–H and O–H groups in total. The second-order valence-corrected chi connectivity index (χ2v) is 8.42. The Morgan fingerprint density at radius 3 is 2.86 bits per heavy atom. The lowest BCUT2D eigenvalue weighted by Crippen LogP contribution is -2.48. The largest absolute Gasteiger partial charge is 0.340 e. The van der Waals surface area contributed by atoms with E-state index >= 15 is 0 Å². The highest BCUT2D eigenvalue weighted by atomic mass is 32.2. The molecule has 0 aliphatic carbocycles. The number of nitrogens with zero attached hydrogens (tertiary/aromatic N) is 8. The molecule has 0 saturated carbocycles. The van der Waals surface area contributed by atoms with Gasteiger partial charge >= 0.3 is 0 Å². The third kappa shape index (κ3) is 4.23. The number of rotatable bonds is 6. The topological polar surface area (TPSA) is 102 Å². The molecule has 28 heavy (non-hydrogen) atoms. The molecule has 4 rings (SSSR count). The minimum absolute atomic E-state index is 0.0503. The smallest absolute Gasteiger partial charge is 0.258 e. The van der Waals surface area contributed by atoms with Gasteiger partial charge in [0.25, 0.3) is 5.56 Å². The Labute approximate surface area is 169 Å². The van der Waals surface area contributed by atoms with Gasteiger partial charge in [0.2, 0.25) is 11.1 Å². The van der Waals surface area contributed by atoms with E-state index in [1.807, 2.05) is 10.3 Å². The van der Waals surface area contributed by atoms with Crippen molar-refractivity contribution in [2.45, 2.75) is 18.1 Å². The molecule has 1 fully saturated rings. The normalized spacial score (nSPS) is 15.4. The molecule has 0 aromatic carbocycles. The molecule has 0 spiro atoms. The number of aryl methyl sites for hydroxylation is 1. The predicted octanol–water partition coefficient (Wildman–Crippen LogP) is 0.106. The van der Waals surface area contributed by atoms with Crippen LogP contribution in [0.1, 0.15) is 12.1 Å². The van der Waals surface area contributed by atoms with Crippen LogP contribution in [0.4, 0.5) is 0 Å². The van der Waals surface area contributed by atoms with Gasteiger partial charge in [-0.3, -0.25) is 18.9 Å². The summed E-state index contributed by atoms with van der Waals surface area (Å²) in [5, 5.41) is 13.8. The van der Waals surface area contributed by atoms with Gasteiger partial charge in [0.05, 0.1) is 5.69 Å². The van der Waals surface area contributed by atoms with E-state index in [1.54, 1.807) is 28.4 Å². The van der Waals surface area contributed by atoms with Crippen LogP contribution in [-0.2, 0) is 18.4 Å². The first-order chi connectivity index (χ1) is 13.6. The SMILES string of the molecule is Cn1nnnc1SCCC(=O)N1CCN(Cc2cc(=O)n3ccsc3n2)CC1. The summed E-state index contributed by atoms with van der Waals surface area (Å²) in [6.45, 7) is 3.56. The first-order valence-corrected chi connectivity index (χ1v) is 10.8. The molecule has 148 valence electrons. The number of tetrazole rings is 1. The average Bonchev–Trinajstić information content (AvgIpc) is 3.32. The van der Waals surface area contributed by atoms with Crippen molar-refractivity contribution in [3.05, 3.63) is 33.7 Å². The van der Waals surface area contributed by atoms with Crippen LogP contribution < -0.4 is 5.56 Å². The third-order valence-electron chi connectivity index (χ3n) is 4.60. The van der Waals surface area contributed by atoms with Crippen LogP contribution >= 0.6 is 23.1 Å². The second-order valence-electron chi connectivity index (χ2n) is 6.48. The van der Waals surface area contributed by atoms with Gasteiger partial charge in [-0.2, -0.15) is 0 Å². The van der Waals surface area contributed by atoms with Gasteiger partial charge in [-0.05, 0) is 10.4 Å². The summed E-state index contributed by atoms with van der Waals surface area (Å²) in [5.74, 6) is 0.806. The highest BCUT2D eigenvalue weighted by molar-refractivity contribution is 7.99. The van der Waals surface area contributed by atoms with Crippen LogP contribution in [-0.4, -0.2) is 77.2 Å². The highest BCUT2D eigenvalue weighted by Gasteiger charge is 2.21. The van der Waals surface area contributed by atoms with E-state index in [9.17, 15) is 9.59 Å². The molecule has 1 aliphatic rings. The van der Waals surface area contributed by atoms with Crippen molar-refractivity contribution < 1.29 is 4.79 Å². The lowest BCUT2D eigenvalue weighted by atomic mass is 10.2. The van der Waals surface area contributed by atoms with E-state index in [-0.39, 0.29) is 11.5 Å². The molecule has 1 aliphatic heterocycles. The standard InChI is InChI=1S/C16H20N8O2S2/c1-21-16(18-19-20-21)27-8-2-13(25)23-5-3-22(4-6-23)11-12-10-14(26)24-7-9-28-15(24)17-12/h7,9-10H,2-6,8,11H2,1H3. The highest BCUT2D eigenvalue weighted by Crippen LogP contribution is 2.15. The van der Waals surface area contributed by atoms with Crippen LogP contribution in [0.2, 0.25) is 0 Å². The van der Waals surface area contributed by atoms with E-state index in [4.69, 9.17) is 0 Å². The second kappa shape index (κ2) is 8.37. The fraction of sp³-hybridized carbons (Fsp3) is 0.500. The van der Waals surface area contributed by atoms with Gasteiger partial charge in [-0.25, -0.2) is 9.67 Å². The zero-order valence-electron chi connectivity index (χ0n) is 15.4. The molecule has 0 atom stereocenters. The molecular formula is C16H20N8O2S2. The predicted molar refractivity (Wildman–Crippen MR) is 105 cm³/mol. The summed E-state index contributed by atoms with van der Waals surface area (Å²) >= 11 is 2.94. The Morgan fingerprint density at radius 2 is 2.11 bits per heavy atom. The van der Waals surface area contributed by atoms with E-state index < -0.39 is 0 Å². The molecule has 12 heteroatoms. The van der Waals surface area contributed by atoms with Crippen molar-refractivity contribution >= 4 is 34.0 Å². The van der Waals surface area contributed by atoms with Crippen LogP contribution in [0.5, 0.6) is 0 Å². The maximum atomic E-state index is 12.4.